The Morgan fingerprint density at radius 3 is 2.92 bits per heavy atom. The average molecular weight is 562 g/mol. The van der Waals surface area contributed by atoms with Crippen LogP contribution in [-0.4, -0.2) is 78.5 Å². The first-order valence-electron chi connectivity index (χ1n) is 12.8. The van der Waals surface area contributed by atoms with Crippen LogP contribution in [0.1, 0.15) is 6.42 Å². The van der Waals surface area contributed by atoms with Crippen LogP contribution in [0.2, 0.25) is 0 Å². The maximum atomic E-state index is 6.50. The zero-order valence-electron chi connectivity index (χ0n) is 22.1. The van der Waals surface area contributed by atoms with Gasteiger partial charge in [0.25, 0.3) is 0 Å². The highest BCUT2D eigenvalue weighted by Gasteiger charge is 2.24. The largest absolute Gasteiger partial charge is 0.369 e. The van der Waals surface area contributed by atoms with Gasteiger partial charge in [-0.25, -0.2) is 10.4 Å². The van der Waals surface area contributed by atoms with E-state index in [1.165, 1.54) is 11.8 Å². The molecule has 0 radical (unpaired) electrons. The van der Waals surface area contributed by atoms with E-state index in [4.69, 9.17) is 15.7 Å². The lowest BCUT2D eigenvalue weighted by Crippen LogP contribution is -2.53. The van der Waals surface area contributed by atoms with E-state index in [1.807, 2.05) is 55.1 Å². The van der Waals surface area contributed by atoms with Crippen molar-refractivity contribution in [3.8, 4) is 0 Å². The van der Waals surface area contributed by atoms with E-state index in [2.05, 4.69) is 61.2 Å². The molecule has 0 aromatic rings. The molecule has 1 saturated heterocycles. The third-order valence-corrected chi connectivity index (χ3v) is 7.84. The molecule has 0 saturated carbocycles. The lowest BCUT2D eigenvalue weighted by atomic mass is 10.1. The van der Waals surface area contributed by atoms with Gasteiger partial charge in [-0.2, -0.15) is 4.99 Å². The molecule has 11 heteroatoms. The monoisotopic (exact) mass is 561 g/mol. The van der Waals surface area contributed by atoms with E-state index < -0.39 is 0 Å². The predicted molar refractivity (Wildman–Crippen MR) is 167 cm³/mol. The molecule has 0 aromatic heterocycles. The number of allylic oxidation sites excluding steroid dienone is 5. The van der Waals surface area contributed by atoms with E-state index >= 15 is 0 Å². The fraction of sp³-hybridized carbons (Fsp3) is 0.321. The summed E-state index contributed by atoms with van der Waals surface area (Å²) in [5.74, 6) is 0.471. The first kappa shape index (κ1) is 28.7. The number of nitrogens with zero attached hydrogens (tertiary/aromatic N) is 5. The summed E-state index contributed by atoms with van der Waals surface area (Å²) in [6.07, 6.45) is 24.2. The van der Waals surface area contributed by atoms with Crippen LogP contribution >= 0.6 is 23.5 Å². The highest BCUT2D eigenvalue weighted by atomic mass is 32.2. The molecule has 1 aliphatic carbocycles. The lowest BCUT2D eigenvalue weighted by Gasteiger charge is -2.38. The molecule has 0 aromatic carbocycles. The number of amidine groups is 1. The van der Waals surface area contributed by atoms with Gasteiger partial charge in [0.15, 0.2) is 11.1 Å². The minimum absolute atomic E-state index is 0.0860. The summed E-state index contributed by atoms with van der Waals surface area (Å²) in [5.41, 5.74) is 20.3. The van der Waals surface area contributed by atoms with Crippen molar-refractivity contribution in [1.29, 1.82) is 0 Å². The van der Waals surface area contributed by atoms with E-state index in [-0.39, 0.29) is 6.17 Å². The van der Waals surface area contributed by atoms with Crippen LogP contribution in [0.25, 0.3) is 0 Å². The Bertz CT molecular complexity index is 1230. The van der Waals surface area contributed by atoms with Gasteiger partial charge in [-0.1, -0.05) is 24.8 Å². The maximum Gasteiger partial charge on any atom is 0.198 e. The molecular formula is C28H35N9S2. The predicted octanol–water partition coefficient (Wildman–Crippen LogP) is 2.98. The normalized spacial score (nSPS) is 24.7. The molecule has 3 aliphatic heterocycles. The molecule has 5 N–H and O–H groups in total. The Morgan fingerprint density at radius 1 is 1.31 bits per heavy atom. The van der Waals surface area contributed by atoms with Gasteiger partial charge in [0.05, 0.1) is 23.4 Å². The van der Waals surface area contributed by atoms with E-state index in [1.54, 1.807) is 17.8 Å². The van der Waals surface area contributed by atoms with Crippen LogP contribution < -0.4 is 21.9 Å². The van der Waals surface area contributed by atoms with Gasteiger partial charge in [-0.05, 0) is 48.4 Å². The smallest absolute Gasteiger partial charge is 0.198 e. The molecule has 9 nitrogen and oxygen atoms in total. The molecule has 0 bridgehead atoms. The van der Waals surface area contributed by atoms with Crippen LogP contribution in [0.4, 0.5) is 0 Å². The highest BCUT2D eigenvalue weighted by Crippen LogP contribution is 2.22. The second-order valence-electron chi connectivity index (χ2n) is 8.71. The van der Waals surface area contributed by atoms with Crippen molar-refractivity contribution >= 4 is 40.9 Å². The van der Waals surface area contributed by atoms with Crippen LogP contribution in [0.3, 0.4) is 0 Å². The number of hydrazine groups is 1. The summed E-state index contributed by atoms with van der Waals surface area (Å²) in [4.78, 5) is 20.2. The number of aliphatic imine (C=N–C) groups is 3. The van der Waals surface area contributed by atoms with Crippen LogP contribution in [-0.2, 0) is 0 Å². The summed E-state index contributed by atoms with van der Waals surface area (Å²) >= 11 is 3.07. The number of nitrogens with one attached hydrogen (secondary N) is 3. The zero-order valence-corrected chi connectivity index (χ0v) is 23.7. The zero-order chi connectivity index (χ0) is 27.3. The fourth-order valence-corrected chi connectivity index (χ4v) is 5.43. The molecule has 39 heavy (non-hydrogen) atoms. The van der Waals surface area contributed by atoms with Crippen molar-refractivity contribution in [2.75, 3.05) is 39.1 Å². The molecule has 0 spiro atoms. The standard InChI is InChI=1S/C28H35N9S2/c1-3-9-25(38-2)24-20-26(35-34-24)31-21-32-28(39-23-10-7-5-4-6-8-11-23)33-27(29)37-18-16-36(17-19-37)22-12-14-30-15-13-22/h3-7,9,11-12,14-15,20,22,26,31,34-35H,1,13,16-19,21H2,2H3,(H2,29,32,33)/b5-4-,25-9-. The number of piperazine rings is 1. The lowest BCUT2D eigenvalue weighted by molar-refractivity contribution is 0.155. The van der Waals surface area contributed by atoms with Crippen molar-refractivity contribution in [2.45, 2.75) is 18.6 Å². The fourth-order valence-electron chi connectivity index (χ4n) is 4.14. The third-order valence-electron chi connectivity index (χ3n) is 6.18. The van der Waals surface area contributed by atoms with Crippen molar-refractivity contribution in [3.63, 3.8) is 0 Å². The number of hydrogen-bond donors (Lipinski definition) is 4. The Hall–Kier alpha value is -3.27. The van der Waals surface area contributed by atoms with Crippen LogP contribution in [0, 0.1) is 0 Å². The van der Waals surface area contributed by atoms with Gasteiger partial charge < -0.3 is 16.1 Å². The average Bonchev–Trinajstić information content (AvgIpc) is 3.42. The number of guanidine groups is 1. The number of hydrogen-bond acceptors (Lipinski definition) is 8. The second kappa shape index (κ2) is 15.4. The van der Waals surface area contributed by atoms with Crippen molar-refractivity contribution in [1.82, 2.24) is 26.0 Å². The summed E-state index contributed by atoms with van der Waals surface area (Å²) in [5, 5.41) is 3.93. The van der Waals surface area contributed by atoms with E-state index in [9.17, 15) is 0 Å². The van der Waals surface area contributed by atoms with Gasteiger partial charge in [-0.15, -0.1) is 23.2 Å². The Balaban J connectivity index is 1.42. The topological polar surface area (TPSA) is 106 Å². The molecule has 4 rings (SSSR count). The summed E-state index contributed by atoms with van der Waals surface area (Å²) < 4.78 is 0. The van der Waals surface area contributed by atoms with E-state index in [0.29, 0.717) is 23.8 Å². The summed E-state index contributed by atoms with van der Waals surface area (Å²) in [6.45, 7) is 7.60. The van der Waals surface area contributed by atoms with Gasteiger partial charge in [0.2, 0.25) is 0 Å². The van der Waals surface area contributed by atoms with E-state index in [0.717, 1.165) is 48.1 Å². The van der Waals surface area contributed by atoms with Gasteiger partial charge in [0, 0.05) is 62.0 Å². The molecule has 2 atom stereocenters. The molecule has 2 unspecified atom stereocenters. The van der Waals surface area contributed by atoms with Crippen molar-refractivity contribution in [3.05, 3.63) is 94.4 Å². The quantitative estimate of drug-likeness (QED) is 0.155. The Labute approximate surface area is 239 Å². The number of thioether (sulfide) groups is 2. The van der Waals surface area contributed by atoms with Gasteiger partial charge in [0.1, 0.15) is 0 Å². The highest BCUT2D eigenvalue weighted by molar-refractivity contribution is 8.17. The molecule has 1 fully saturated rings. The second-order valence-corrected chi connectivity index (χ2v) is 10.6. The molecule has 4 aliphatic rings. The maximum absolute atomic E-state index is 6.50. The molecule has 204 valence electrons. The first-order chi connectivity index (χ1) is 19.2. The SMILES string of the molecule is C=C/C=C(\SC)C1=CC(NC/N=C(\N=C(/N)N2CCN(C3C=CN=CC3)CC2)SC2=C=C/C=C\C=C=C2)NN1. The Morgan fingerprint density at radius 2 is 2.15 bits per heavy atom. The van der Waals surface area contributed by atoms with Gasteiger partial charge in [-0.3, -0.25) is 15.2 Å². The van der Waals surface area contributed by atoms with Crippen molar-refractivity contribution < 1.29 is 0 Å². The summed E-state index contributed by atoms with van der Waals surface area (Å²) in [7, 11) is 0. The summed E-state index contributed by atoms with van der Waals surface area (Å²) in [6, 6.07) is 0.404. The van der Waals surface area contributed by atoms with Crippen LogP contribution in [0.5, 0.6) is 0 Å². The molecular weight excluding hydrogens is 527 g/mol. The Kier molecular flexibility index (Phi) is 11.3. The minimum atomic E-state index is -0.0860. The number of rotatable bonds is 8. The minimum Gasteiger partial charge on any atom is -0.369 e. The van der Waals surface area contributed by atoms with Crippen LogP contribution in [0.15, 0.2) is 109 Å². The van der Waals surface area contributed by atoms with Crippen molar-refractivity contribution in [2.24, 2.45) is 20.7 Å². The van der Waals surface area contributed by atoms with Gasteiger partial charge >= 0.3 is 0 Å². The molecule has 0 amide bonds. The third kappa shape index (κ3) is 8.88. The number of nitrogens with two attached hydrogens (primary N) is 1. The molecule has 3 heterocycles. The first-order valence-corrected chi connectivity index (χ1v) is 14.8.